The average molecular weight is 303 g/mol. The van der Waals surface area contributed by atoms with Crippen LogP contribution in [0, 0.1) is 6.92 Å². The minimum atomic E-state index is -3.63. The molecule has 3 aromatic rings. The van der Waals surface area contributed by atoms with Crippen molar-refractivity contribution in [3.8, 4) is 0 Å². The van der Waals surface area contributed by atoms with E-state index in [4.69, 9.17) is 0 Å². The number of aromatic nitrogens is 1. The predicted octanol–water partition coefficient (Wildman–Crippen LogP) is 3.48. The van der Waals surface area contributed by atoms with Crippen molar-refractivity contribution in [3.63, 3.8) is 0 Å². The third kappa shape index (κ3) is 2.03. The molecule has 0 aliphatic heterocycles. The zero-order chi connectivity index (χ0) is 14.3. The molecule has 1 heterocycles. The predicted molar refractivity (Wildman–Crippen MR) is 83.0 cm³/mol. The first-order valence-electron chi connectivity index (χ1n) is 6.12. The molecule has 0 saturated heterocycles. The zero-order valence-corrected chi connectivity index (χ0v) is 12.5. The van der Waals surface area contributed by atoms with E-state index in [9.17, 15) is 8.42 Å². The summed E-state index contributed by atoms with van der Waals surface area (Å²) in [5.41, 5.74) is 1.66. The van der Waals surface area contributed by atoms with E-state index < -0.39 is 10.0 Å². The van der Waals surface area contributed by atoms with Gasteiger partial charge in [-0.25, -0.2) is 12.4 Å². The van der Waals surface area contributed by atoms with E-state index in [2.05, 4.69) is 12.6 Å². The molecule has 0 aliphatic rings. The van der Waals surface area contributed by atoms with Crippen molar-refractivity contribution in [2.45, 2.75) is 16.8 Å². The lowest BCUT2D eigenvalue weighted by molar-refractivity contribution is 0.585. The minimum Gasteiger partial charge on any atom is -0.228 e. The van der Waals surface area contributed by atoms with E-state index in [-0.39, 0.29) is 4.90 Å². The van der Waals surface area contributed by atoms with Gasteiger partial charge in [0, 0.05) is 5.39 Å². The maximum Gasteiger partial charge on any atom is 0.269 e. The van der Waals surface area contributed by atoms with Crippen LogP contribution >= 0.6 is 12.6 Å². The van der Waals surface area contributed by atoms with E-state index in [1.54, 1.807) is 36.4 Å². The summed E-state index contributed by atoms with van der Waals surface area (Å²) in [5, 5.41) is 1.26. The van der Waals surface area contributed by atoms with E-state index in [0.717, 1.165) is 10.9 Å². The van der Waals surface area contributed by atoms with Crippen molar-refractivity contribution < 1.29 is 8.42 Å². The van der Waals surface area contributed by atoms with Crippen LogP contribution < -0.4 is 0 Å². The van der Waals surface area contributed by atoms with Crippen LogP contribution in [0.1, 0.15) is 5.56 Å². The highest BCUT2D eigenvalue weighted by Gasteiger charge is 2.21. The molecule has 5 heteroatoms. The summed E-state index contributed by atoms with van der Waals surface area (Å²) < 4.78 is 26.8. The number of rotatable bonds is 2. The highest BCUT2D eigenvalue weighted by molar-refractivity contribution is 7.91. The van der Waals surface area contributed by atoms with Gasteiger partial charge >= 0.3 is 0 Å². The smallest absolute Gasteiger partial charge is 0.228 e. The monoisotopic (exact) mass is 303 g/mol. The fraction of sp³-hybridized carbons (Fsp3) is 0.0667. The second-order valence-electron chi connectivity index (χ2n) is 4.64. The largest absolute Gasteiger partial charge is 0.269 e. The Morgan fingerprint density at radius 1 is 1.00 bits per heavy atom. The third-order valence-electron chi connectivity index (χ3n) is 3.21. The molecule has 0 N–H and O–H groups in total. The summed E-state index contributed by atoms with van der Waals surface area (Å²) in [6, 6.07) is 15.9. The van der Waals surface area contributed by atoms with Gasteiger partial charge in [-0.1, -0.05) is 35.9 Å². The standard InChI is InChI=1S/C15H13NO2S2/c1-11-6-8-13(9-7-11)20(17,18)16-14-5-3-2-4-12(14)10-15(16)19/h2-10,19H,1H3. The Labute approximate surface area is 123 Å². The van der Waals surface area contributed by atoms with Crippen LogP contribution in [0.4, 0.5) is 0 Å². The first-order valence-corrected chi connectivity index (χ1v) is 8.00. The van der Waals surface area contributed by atoms with E-state index in [1.165, 1.54) is 3.97 Å². The van der Waals surface area contributed by atoms with Crippen molar-refractivity contribution in [2.24, 2.45) is 0 Å². The van der Waals surface area contributed by atoms with Crippen molar-refractivity contribution >= 4 is 33.6 Å². The quantitative estimate of drug-likeness (QED) is 0.736. The van der Waals surface area contributed by atoms with Gasteiger partial charge in [-0.15, -0.1) is 12.6 Å². The molecule has 3 nitrogen and oxygen atoms in total. The van der Waals surface area contributed by atoms with Gasteiger partial charge < -0.3 is 0 Å². The number of thiol groups is 1. The lowest BCUT2D eigenvalue weighted by Gasteiger charge is -2.09. The third-order valence-corrected chi connectivity index (χ3v) is 5.41. The van der Waals surface area contributed by atoms with Crippen LogP contribution in [0.3, 0.4) is 0 Å². The molecule has 0 unspecified atom stereocenters. The summed E-state index contributed by atoms with van der Waals surface area (Å²) in [6.07, 6.45) is 0. The van der Waals surface area contributed by atoms with E-state index in [0.29, 0.717) is 10.5 Å². The van der Waals surface area contributed by atoms with Gasteiger partial charge in [-0.3, -0.25) is 0 Å². The number of fused-ring (bicyclic) bond motifs is 1. The molecule has 0 fully saturated rings. The molecule has 0 saturated carbocycles. The molecule has 0 amide bonds. The van der Waals surface area contributed by atoms with E-state index >= 15 is 0 Å². The highest BCUT2D eigenvalue weighted by atomic mass is 32.2. The van der Waals surface area contributed by atoms with Gasteiger partial charge in [0.05, 0.1) is 15.4 Å². The molecule has 1 aromatic heterocycles. The first-order chi connectivity index (χ1) is 9.50. The summed E-state index contributed by atoms with van der Waals surface area (Å²) in [5.74, 6) is 0. The molecular weight excluding hydrogens is 290 g/mol. The molecule has 102 valence electrons. The minimum absolute atomic E-state index is 0.264. The molecular formula is C15H13NO2S2. The van der Waals surface area contributed by atoms with Crippen LogP contribution in [0.5, 0.6) is 0 Å². The number of hydrogen-bond donors (Lipinski definition) is 1. The Morgan fingerprint density at radius 2 is 1.65 bits per heavy atom. The molecule has 0 atom stereocenters. The van der Waals surface area contributed by atoms with Crippen LogP contribution in [0.2, 0.25) is 0 Å². The lowest BCUT2D eigenvalue weighted by atomic mass is 10.2. The Kier molecular flexibility index (Phi) is 3.11. The first kappa shape index (κ1) is 13.3. The fourth-order valence-electron chi connectivity index (χ4n) is 2.18. The fourth-order valence-corrected chi connectivity index (χ4v) is 4.17. The summed E-state index contributed by atoms with van der Waals surface area (Å²) in [7, 11) is -3.63. The van der Waals surface area contributed by atoms with Crippen molar-refractivity contribution in [1.29, 1.82) is 0 Å². The van der Waals surface area contributed by atoms with Crippen molar-refractivity contribution in [2.75, 3.05) is 0 Å². The molecule has 20 heavy (non-hydrogen) atoms. The van der Waals surface area contributed by atoms with Crippen LogP contribution in [0.15, 0.2) is 64.5 Å². The molecule has 3 rings (SSSR count). The Hall–Kier alpha value is -1.72. The van der Waals surface area contributed by atoms with Gasteiger partial charge in [0.2, 0.25) is 0 Å². The topological polar surface area (TPSA) is 39.1 Å². The number of aryl methyl sites for hydroxylation is 1. The second-order valence-corrected chi connectivity index (χ2v) is 6.89. The van der Waals surface area contributed by atoms with Crippen molar-refractivity contribution in [1.82, 2.24) is 3.97 Å². The normalized spacial score (nSPS) is 11.9. The number of hydrogen-bond acceptors (Lipinski definition) is 3. The SMILES string of the molecule is Cc1ccc(S(=O)(=O)n2c(S)cc3ccccc32)cc1. The Balaban J connectivity index is 2.29. The molecule has 0 bridgehead atoms. The number of nitrogens with zero attached hydrogens (tertiary/aromatic N) is 1. The van der Waals surface area contributed by atoms with Gasteiger partial charge in [-0.05, 0) is 31.2 Å². The summed E-state index contributed by atoms with van der Waals surface area (Å²) in [6.45, 7) is 1.92. The zero-order valence-electron chi connectivity index (χ0n) is 10.8. The maximum absolute atomic E-state index is 12.8. The Bertz CT molecular complexity index is 878. The summed E-state index contributed by atoms with van der Waals surface area (Å²) in [4.78, 5) is 0.264. The lowest BCUT2D eigenvalue weighted by Crippen LogP contribution is -2.13. The number of para-hydroxylation sites is 1. The van der Waals surface area contributed by atoms with Crippen molar-refractivity contribution in [3.05, 3.63) is 60.2 Å². The van der Waals surface area contributed by atoms with Crippen LogP contribution in [0.25, 0.3) is 10.9 Å². The van der Waals surface area contributed by atoms with Crippen LogP contribution in [-0.4, -0.2) is 12.4 Å². The molecule has 0 radical (unpaired) electrons. The molecule has 2 aromatic carbocycles. The summed E-state index contributed by atoms with van der Waals surface area (Å²) >= 11 is 4.30. The maximum atomic E-state index is 12.8. The average Bonchev–Trinajstić information content (AvgIpc) is 2.75. The Morgan fingerprint density at radius 3 is 2.35 bits per heavy atom. The van der Waals surface area contributed by atoms with Gasteiger partial charge in [0.15, 0.2) is 0 Å². The second kappa shape index (κ2) is 4.68. The van der Waals surface area contributed by atoms with Gasteiger partial charge in [-0.2, -0.15) is 0 Å². The van der Waals surface area contributed by atoms with Crippen LogP contribution in [-0.2, 0) is 10.0 Å². The molecule has 0 spiro atoms. The van der Waals surface area contributed by atoms with Gasteiger partial charge in [0.25, 0.3) is 10.0 Å². The highest BCUT2D eigenvalue weighted by Crippen LogP contribution is 2.27. The molecule has 0 aliphatic carbocycles. The van der Waals surface area contributed by atoms with E-state index in [1.807, 2.05) is 25.1 Å². The van der Waals surface area contributed by atoms with Gasteiger partial charge in [0.1, 0.15) is 0 Å². The number of benzene rings is 2.